The van der Waals surface area contributed by atoms with E-state index in [-0.39, 0.29) is 0 Å². The third-order valence-electron chi connectivity index (χ3n) is 9.92. The van der Waals surface area contributed by atoms with Crippen LogP contribution in [0.4, 0.5) is 0 Å². The Balaban J connectivity index is 1.85. The van der Waals surface area contributed by atoms with Crippen LogP contribution in [0.3, 0.4) is 0 Å². The lowest BCUT2D eigenvalue weighted by Gasteiger charge is -2.24. The average Bonchev–Trinajstić information content (AvgIpc) is 3.05. The molecule has 0 saturated heterocycles. The molecule has 0 aliphatic rings. The molecule has 5 rings (SSSR count). The Hall–Kier alpha value is -2.90. The maximum Gasteiger partial charge on any atom is 0.0175 e. The average molecular weight is 648 g/mol. The van der Waals surface area contributed by atoms with E-state index in [1.54, 1.807) is 11.1 Å². The fraction of sp³-hybridized carbons (Fsp3) is 0.395. The summed E-state index contributed by atoms with van der Waals surface area (Å²) in [6.07, 6.45) is 12.7. The van der Waals surface area contributed by atoms with Crippen molar-refractivity contribution in [3.63, 3.8) is 0 Å². The van der Waals surface area contributed by atoms with E-state index < -0.39 is 0 Å². The van der Waals surface area contributed by atoms with Crippen molar-refractivity contribution in [2.75, 3.05) is 0 Å². The monoisotopic (exact) mass is 646 g/mol. The molecule has 1 heteroatoms. The van der Waals surface area contributed by atoms with Gasteiger partial charge in [-0.1, -0.05) is 173 Å². The Bertz CT molecular complexity index is 1530. The second-order valence-electron chi connectivity index (χ2n) is 13.1. The summed E-state index contributed by atoms with van der Waals surface area (Å²) < 4.78 is 1.12. The second kappa shape index (κ2) is 15.4. The van der Waals surface area contributed by atoms with Crippen LogP contribution in [0.25, 0.3) is 43.8 Å². The van der Waals surface area contributed by atoms with Crippen LogP contribution in [0.2, 0.25) is 0 Å². The minimum absolute atomic E-state index is 0.732. The first-order valence-corrected chi connectivity index (χ1v) is 18.1. The smallest absolute Gasteiger partial charge is 0.0175 e. The molecule has 2 atom stereocenters. The standard InChI is InChI=1S/C43H51Br/c1-6-10-14-31(8-3)26-35-28-40-41(29-36(35)27-32(9-4)15-11-7-2)43(34-22-24-37(44)25-23-34)39-17-13-12-16-38(39)42(40)33-20-18-30(5)19-21-33/h12-13,16-25,28-29,31-32H,6-11,14-15,26-27H2,1-5H3. The minimum atomic E-state index is 0.732. The van der Waals surface area contributed by atoms with E-state index in [0.29, 0.717) is 0 Å². The Morgan fingerprint density at radius 1 is 0.545 bits per heavy atom. The third kappa shape index (κ3) is 7.31. The van der Waals surface area contributed by atoms with Gasteiger partial charge in [0.05, 0.1) is 0 Å². The molecule has 5 aromatic carbocycles. The molecule has 0 fully saturated rings. The molecular weight excluding hydrogens is 596 g/mol. The number of halogens is 1. The van der Waals surface area contributed by atoms with E-state index in [4.69, 9.17) is 0 Å². The van der Waals surface area contributed by atoms with Crippen LogP contribution in [-0.4, -0.2) is 0 Å². The summed E-state index contributed by atoms with van der Waals surface area (Å²) in [4.78, 5) is 0. The highest BCUT2D eigenvalue weighted by Crippen LogP contribution is 2.45. The number of hydrogen-bond acceptors (Lipinski definition) is 0. The molecule has 0 saturated carbocycles. The minimum Gasteiger partial charge on any atom is -0.0654 e. The third-order valence-corrected chi connectivity index (χ3v) is 10.4. The molecule has 0 aromatic heterocycles. The second-order valence-corrected chi connectivity index (χ2v) is 14.0. The maximum atomic E-state index is 3.69. The van der Waals surface area contributed by atoms with Gasteiger partial charge in [0.15, 0.2) is 0 Å². The summed E-state index contributed by atoms with van der Waals surface area (Å²) in [5.74, 6) is 1.46. The van der Waals surface area contributed by atoms with Crippen molar-refractivity contribution in [2.24, 2.45) is 11.8 Å². The van der Waals surface area contributed by atoms with E-state index in [2.05, 4.69) is 135 Å². The first-order valence-electron chi connectivity index (χ1n) is 17.3. The topological polar surface area (TPSA) is 0 Å². The van der Waals surface area contributed by atoms with E-state index in [9.17, 15) is 0 Å². The zero-order chi connectivity index (χ0) is 31.1. The van der Waals surface area contributed by atoms with Gasteiger partial charge < -0.3 is 0 Å². The molecule has 0 bridgehead atoms. The number of fused-ring (bicyclic) bond motifs is 2. The molecule has 5 aromatic rings. The van der Waals surface area contributed by atoms with Gasteiger partial charge in [-0.2, -0.15) is 0 Å². The van der Waals surface area contributed by atoms with Crippen molar-refractivity contribution >= 4 is 37.5 Å². The van der Waals surface area contributed by atoms with Gasteiger partial charge in [-0.3, -0.25) is 0 Å². The Kier molecular flexibility index (Phi) is 11.4. The van der Waals surface area contributed by atoms with E-state index in [1.165, 1.54) is 114 Å². The first-order chi connectivity index (χ1) is 21.5. The lowest BCUT2D eigenvalue weighted by atomic mass is 9.80. The van der Waals surface area contributed by atoms with Crippen molar-refractivity contribution in [3.05, 3.63) is 106 Å². The molecule has 0 aliphatic heterocycles. The lowest BCUT2D eigenvalue weighted by Crippen LogP contribution is -2.10. The quantitative estimate of drug-likeness (QED) is 0.105. The van der Waals surface area contributed by atoms with Crippen molar-refractivity contribution in [3.8, 4) is 22.3 Å². The molecule has 0 radical (unpaired) electrons. The molecule has 0 nitrogen and oxygen atoms in total. The Morgan fingerprint density at radius 3 is 1.39 bits per heavy atom. The fourth-order valence-corrected chi connectivity index (χ4v) is 7.42. The molecule has 230 valence electrons. The molecule has 0 N–H and O–H groups in total. The van der Waals surface area contributed by atoms with Crippen LogP contribution in [0.1, 0.15) is 95.8 Å². The van der Waals surface area contributed by atoms with Crippen LogP contribution in [0, 0.1) is 18.8 Å². The maximum absolute atomic E-state index is 3.69. The van der Waals surface area contributed by atoms with Crippen molar-refractivity contribution in [2.45, 2.75) is 98.8 Å². The molecule has 0 spiro atoms. The van der Waals surface area contributed by atoms with E-state index >= 15 is 0 Å². The number of aryl methyl sites for hydroxylation is 1. The van der Waals surface area contributed by atoms with Crippen molar-refractivity contribution < 1.29 is 0 Å². The van der Waals surface area contributed by atoms with Crippen LogP contribution in [0.15, 0.2) is 89.4 Å². The lowest BCUT2D eigenvalue weighted by molar-refractivity contribution is 0.434. The van der Waals surface area contributed by atoms with Gasteiger partial charge in [-0.25, -0.2) is 0 Å². The highest BCUT2D eigenvalue weighted by molar-refractivity contribution is 9.10. The summed E-state index contributed by atoms with van der Waals surface area (Å²) in [6, 6.07) is 32.5. The molecular formula is C43H51Br. The summed E-state index contributed by atoms with van der Waals surface area (Å²) in [5.41, 5.74) is 9.81. The van der Waals surface area contributed by atoms with Gasteiger partial charge in [-0.15, -0.1) is 0 Å². The van der Waals surface area contributed by atoms with Gasteiger partial charge in [0, 0.05) is 4.47 Å². The largest absolute Gasteiger partial charge is 0.0654 e. The zero-order valence-electron chi connectivity index (χ0n) is 27.7. The van der Waals surface area contributed by atoms with E-state index in [1.807, 2.05) is 0 Å². The summed E-state index contributed by atoms with van der Waals surface area (Å²) in [5, 5.41) is 5.47. The van der Waals surface area contributed by atoms with Gasteiger partial charge in [0.25, 0.3) is 0 Å². The van der Waals surface area contributed by atoms with Crippen molar-refractivity contribution in [1.29, 1.82) is 0 Å². The van der Waals surface area contributed by atoms with Gasteiger partial charge in [-0.05, 0) is 98.7 Å². The highest BCUT2D eigenvalue weighted by atomic mass is 79.9. The summed E-state index contributed by atoms with van der Waals surface area (Å²) >= 11 is 3.69. The molecule has 0 amide bonds. The Morgan fingerprint density at radius 2 is 0.977 bits per heavy atom. The van der Waals surface area contributed by atoms with Crippen LogP contribution >= 0.6 is 15.9 Å². The number of rotatable bonds is 14. The van der Waals surface area contributed by atoms with Crippen LogP contribution in [-0.2, 0) is 12.8 Å². The number of benzene rings is 5. The Labute approximate surface area is 275 Å². The SMILES string of the molecule is CCCCC(CC)Cc1cc2c(-c3ccc(C)cc3)c3ccccc3c(-c3ccc(Br)cc3)c2cc1CC(CC)CCCC. The van der Waals surface area contributed by atoms with Crippen LogP contribution < -0.4 is 0 Å². The fourth-order valence-electron chi connectivity index (χ4n) is 7.16. The molecule has 0 heterocycles. The van der Waals surface area contributed by atoms with Crippen LogP contribution in [0.5, 0.6) is 0 Å². The predicted octanol–water partition coefficient (Wildman–Crippen LogP) is 13.9. The molecule has 44 heavy (non-hydrogen) atoms. The predicted molar refractivity (Wildman–Crippen MR) is 199 cm³/mol. The zero-order valence-corrected chi connectivity index (χ0v) is 29.3. The van der Waals surface area contributed by atoms with Gasteiger partial charge in [0.2, 0.25) is 0 Å². The van der Waals surface area contributed by atoms with Gasteiger partial charge in [0.1, 0.15) is 0 Å². The van der Waals surface area contributed by atoms with Gasteiger partial charge >= 0.3 is 0 Å². The normalized spacial score (nSPS) is 13.0. The highest BCUT2D eigenvalue weighted by Gasteiger charge is 2.21. The number of unbranched alkanes of at least 4 members (excludes halogenated alkanes) is 2. The first kappa shape index (κ1) is 32.5. The molecule has 2 unspecified atom stereocenters. The van der Waals surface area contributed by atoms with Crippen molar-refractivity contribution in [1.82, 2.24) is 0 Å². The molecule has 0 aliphatic carbocycles. The van der Waals surface area contributed by atoms with E-state index in [0.717, 1.165) is 16.3 Å². The summed E-state index contributed by atoms with van der Waals surface area (Å²) in [6.45, 7) is 11.6. The number of hydrogen-bond donors (Lipinski definition) is 0. The summed E-state index contributed by atoms with van der Waals surface area (Å²) in [7, 11) is 0.